The second-order valence-electron chi connectivity index (χ2n) is 1.90. The van der Waals surface area contributed by atoms with Crippen LogP contribution in [0.15, 0.2) is 11.6 Å². The topological polar surface area (TPSA) is 57.5 Å². The largest absolute Gasteiger partial charge is 0.478 e. The molecule has 1 unspecified atom stereocenters. The molecule has 3 nitrogen and oxygen atoms in total. The van der Waals surface area contributed by atoms with Crippen LogP contribution >= 0.6 is 0 Å². The highest BCUT2D eigenvalue weighted by atomic mass is 16.4. The first-order chi connectivity index (χ1) is 4.04. The molecule has 0 aromatic heterocycles. The number of hydrogen-bond donors (Lipinski definition) is 2. The van der Waals surface area contributed by atoms with Crippen molar-refractivity contribution >= 4 is 5.97 Å². The molecule has 0 aromatic carbocycles. The number of carboxylic acids is 1. The molecule has 2 N–H and O–H groups in total. The molecule has 0 saturated carbocycles. The Morgan fingerprint density at radius 2 is 2.11 bits per heavy atom. The van der Waals surface area contributed by atoms with Gasteiger partial charge < -0.3 is 10.2 Å². The minimum absolute atomic E-state index is 0.461. The Balaban J connectivity index is 4.00. The van der Waals surface area contributed by atoms with Crippen LogP contribution in [0.25, 0.3) is 0 Å². The summed E-state index contributed by atoms with van der Waals surface area (Å²) in [5.41, 5.74) is 0.461. The molecule has 0 aliphatic carbocycles. The highest BCUT2D eigenvalue weighted by molar-refractivity contribution is 5.80. The summed E-state index contributed by atoms with van der Waals surface area (Å²) in [5.74, 6) is -1.02. The van der Waals surface area contributed by atoms with Crippen molar-refractivity contribution in [3.63, 3.8) is 0 Å². The standard InChI is InChI=1S/C6H10O3/c1-4(5(2)7)3-6(8)9/h3,5,7H,1-2H3,(H,8,9). The molecular formula is C6H10O3. The van der Waals surface area contributed by atoms with Gasteiger partial charge in [0.25, 0.3) is 0 Å². The van der Waals surface area contributed by atoms with Gasteiger partial charge in [0.2, 0.25) is 0 Å². The Morgan fingerprint density at radius 3 is 2.22 bits per heavy atom. The van der Waals surface area contributed by atoms with Gasteiger partial charge in [-0.1, -0.05) is 0 Å². The van der Waals surface area contributed by atoms with Crippen LogP contribution in [0.1, 0.15) is 13.8 Å². The van der Waals surface area contributed by atoms with Gasteiger partial charge in [0.05, 0.1) is 6.10 Å². The number of carboxylic acid groups (broad SMARTS) is 1. The second-order valence-corrected chi connectivity index (χ2v) is 1.90. The molecule has 9 heavy (non-hydrogen) atoms. The third kappa shape index (κ3) is 3.73. The first-order valence-electron chi connectivity index (χ1n) is 2.63. The predicted octanol–water partition coefficient (Wildman–Crippen LogP) is 0.398. The van der Waals surface area contributed by atoms with Crippen molar-refractivity contribution in [2.24, 2.45) is 0 Å². The van der Waals surface area contributed by atoms with Crippen molar-refractivity contribution in [2.75, 3.05) is 0 Å². The van der Waals surface area contributed by atoms with Gasteiger partial charge in [-0.25, -0.2) is 4.79 Å². The van der Waals surface area contributed by atoms with Crippen LogP contribution in [0.3, 0.4) is 0 Å². The van der Waals surface area contributed by atoms with Gasteiger partial charge in [-0.05, 0) is 19.4 Å². The predicted molar refractivity (Wildman–Crippen MR) is 33.1 cm³/mol. The van der Waals surface area contributed by atoms with Crippen LogP contribution in [-0.2, 0) is 4.79 Å². The average molecular weight is 130 g/mol. The van der Waals surface area contributed by atoms with Gasteiger partial charge in [0.15, 0.2) is 0 Å². The maximum absolute atomic E-state index is 9.93. The monoisotopic (exact) mass is 130 g/mol. The maximum atomic E-state index is 9.93. The highest BCUT2D eigenvalue weighted by Gasteiger charge is 1.98. The number of hydrogen-bond acceptors (Lipinski definition) is 2. The van der Waals surface area contributed by atoms with Gasteiger partial charge in [0.1, 0.15) is 0 Å². The minimum atomic E-state index is -1.02. The summed E-state index contributed by atoms with van der Waals surface area (Å²) < 4.78 is 0. The van der Waals surface area contributed by atoms with E-state index in [0.29, 0.717) is 5.57 Å². The molecule has 1 atom stereocenters. The van der Waals surface area contributed by atoms with Gasteiger partial charge >= 0.3 is 5.97 Å². The third-order valence-electron chi connectivity index (χ3n) is 1.01. The van der Waals surface area contributed by atoms with Gasteiger partial charge in [0, 0.05) is 6.08 Å². The molecule has 52 valence electrons. The summed E-state index contributed by atoms with van der Waals surface area (Å²) in [5, 5.41) is 16.9. The van der Waals surface area contributed by atoms with E-state index in [1.807, 2.05) is 0 Å². The van der Waals surface area contributed by atoms with E-state index >= 15 is 0 Å². The molecule has 0 bridgehead atoms. The molecule has 0 heterocycles. The van der Waals surface area contributed by atoms with E-state index in [9.17, 15) is 4.79 Å². The van der Waals surface area contributed by atoms with E-state index < -0.39 is 12.1 Å². The van der Waals surface area contributed by atoms with Crippen molar-refractivity contribution < 1.29 is 15.0 Å². The lowest BCUT2D eigenvalue weighted by Crippen LogP contribution is -2.03. The van der Waals surface area contributed by atoms with Gasteiger partial charge in [-0.15, -0.1) is 0 Å². The summed E-state index contributed by atoms with van der Waals surface area (Å²) in [6.45, 7) is 3.09. The third-order valence-corrected chi connectivity index (χ3v) is 1.01. The Bertz CT molecular complexity index is 135. The zero-order chi connectivity index (χ0) is 7.44. The van der Waals surface area contributed by atoms with E-state index in [1.54, 1.807) is 6.92 Å². The fourth-order valence-corrected chi connectivity index (χ4v) is 0.315. The molecule has 0 saturated heterocycles. The normalized spacial score (nSPS) is 15.2. The number of carbonyl (C=O) groups is 1. The zero-order valence-corrected chi connectivity index (χ0v) is 5.46. The number of rotatable bonds is 2. The van der Waals surface area contributed by atoms with Crippen LogP contribution in [0.4, 0.5) is 0 Å². The van der Waals surface area contributed by atoms with Crippen molar-refractivity contribution in [1.29, 1.82) is 0 Å². The minimum Gasteiger partial charge on any atom is -0.478 e. The molecule has 0 aromatic rings. The van der Waals surface area contributed by atoms with E-state index in [-0.39, 0.29) is 0 Å². The first-order valence-corrected chi connectivity index (χ1v) is 2.63. The summed E-state index contributed by atoms with van der Waals surface area (Å²) in [6.07, 6.45) is 0.325. The lowest BCUT2D eigenvalue weighted by Gasteiger charge is -2.00. The Labute approximate surface area is 53.6 Å². The Kier molecular flexibility index (Phi) is 2.95. The molecular weight excluding hydrogens is 120 g/mol. The molecule has 0 amide bonds. The molecule has 0 fully saturated rings. The smallest absolute Gasteiger partial charge is 0.328 e. The van der Waals surface area contributed by atoms with Gasteiger partial charge in [-0.2, -0.15) is 0 Å². The van der Waals surface area contributed by atoms with Crippen LogP contribution in [-0.4, -0.2) is 22.3 Å². The number of aliphatic hydroxyl groups excluding tert-OH is 1. The lowest BCUT2D eigenvalue weighted by molar-refractivity contribution is -0.131. The molecule has 0 spiro atoms. The Hall–Kier alpha value is -0.830. The number of aliphatic carboxylic acids is 1. The average Bonchev–Trinajstić information content (AvgIpc) is 1.63. The summed E-state index contributed by atoms with van der Waals surface area (Å²) >= 11 is 0. The zero-order valence-electron chi connectivity index (χ0n) is 5.46. The number of aliphatic hydroxyl groups is 1. The van der Waals surface area contributed by atoms with Crippen LogP contribution in [0, 0.1) is 0 Å². The van der Waals surface area contributed by atoms with Gasteiger partial charge in [-0.3, -0.25) is 0 Å². The van der Waals surface area contributed by atoms with Crippen LogP contribution < -0.4 is 0 Å². The van der Waals surface area contributed by atoms with Crippen LogP contribution in [0.2, 0.25) is 0 Å². The Morgan fingerprint density at radius 1 is 1.67 bits per heavy atom. The fraction of sp³-hybridized carbons (Fsp3) is 0.500. The molecule has 3 heteroatoms. The molecule has 0 rings (SSSR count). The van der Waals surface area contributed by atoms with Crippen molar-refractivity contribution in [3.05, 3.63) is 11.6 Å². The van der Waals surface area contributed by atoms with E-state index in [2.05, 4.69) is 0 Å². The van der Waals surface area contributed by atoms with Crippen LogP contribution in [0.5, 0.6) is 0 Å². The first kappa shape index (κ1) is 8.17. The summed E-state index contributed by atoms with van der Waals surface area (Å²) in [6, 6.07) is 0. The summed E-state index contributed by atoms with van der Waals surface area (Å²) in [4.78, 5) is 9.93. The van der Waals surface area contributed by atoms with E-state index in [4.69, 9.17) is 10.2 Å². The fourth-order valence-electron chi connectivity index (χ4n) is 0.315. The highest BCUT2D eigenvalue weighted by Crippen LogP contribution is 1.97. The summed E-state index contributed by atoms with van der Waals surface area (Å²) in [7, 11) is 0. The van der Waals surface area contributed by atoms with Crippen molar-refractivity contribution in [3.8, 4) is 0 Å². The molecule has 0 aliphatic rings. The van der Waals surface area contributed by atoms with E-state index in [1.165, 1.54) is 6.92 Å². The lowest BCUT2D eigenvalue weighted by atomic mass is 10.2. The maximum Gasteiger partial charge on any atom is 0.328 e. The molecule has 0 radical (unpaired) electrons. The second kappa shape index (κ2) is 3.25. The SMILES string of the molecule is CC(=CC(=O)O)C(C)O. The molecule has 0 aliphatic heterocycles. The quantitative estimate of drug-likeness (QED) is 0.532. The van der Waals surface area contributed by atoms with Crippen molar-refractivity contribution in [1.82, 2.24) is 0 Å². The van der Waals surface area contributed by atoms with E-state index in [0.717, 1.165) is 6.08 Å². The van der Waals surface area contributed by atoms with Crippen molar-refractivity contribution in [2.45, 2.75) is 20.0 Å².